The molecule has 2 aromatic heterocycles. The Balaban J connectivity index is 2.28. The molecule has 0 aliphatic heterocycles. The molecule has 1 aromatic carbocycles. The maximum absolute atomic E-state index is 12.1. The van der Waals surface area contributed by atoms with Gasteiger partial charge in [-0.1, -0.05) is 0 Å². The maximum atomic E-state index is 12.1. The molecular weight excluding hydrogens is 272 g/mol. The van der Waals surface area contributed by atoms with E-state index in [1.54, 1.807) is 12.1 Å². The van der Waals surface area contributed by atoms with Crippen molar-refractivity contribution in [1.29, 1.82) is 0 Å². The van der Waals surface area contributed by atoms with Crippen molar-refractivity contribution in [2.24, 2.45) is 0 Å². The van der Waals surface area contributed by atoms with Gasteiger partial charge in [0.25, 0.3) is 11.2 Å². The molecule has 3 rings (SSSR count). The molecule has 7 nitrogen and oxygen atoms in total. The van der Waals surface area contributed by atoms with E-state index in [-0.39, 0.29) is 11.2 Å². The Morgan fingerprint density at radius 2 is 1.81 bits per heavy atom. The van der Waals surface area contributed by atoms with Crippen LogP contribution in [0.2, 0.25) is 0 Å². The SMILES string of the molecule is Cc1n[nH]c(=O)c2c(-c3ccc([N+](=O)[O-])cc3)[nH]c(C)c12. The van der Waals surface area contributed by atoms with E-state index in [1.807, 2.05) is 13.8 Å². The average molecular weight is 284 g/mol. The third kappa shape index (κ3) is 1.99. The van der Waals surface area contributed by atoms with Crippen LogP contribution < -0.4 is 5.56 Å². The van der Waals surface area contributed by atoms with Crippen molar-refractivity contribution in [3.63, 3.8) is 0 Å². The van der Waals surface area contributed by atoms with E-state index in [2.05, 4.69) is 15.2 Å². The van der Waals surface area contributed by atoms with Gasteiger partial charge in [-0.2, -0.15) is 5.10 Å². The quantitative estimate of drug-likeness (QED) is 0.557. The van der Waals surface area contributed by atoms with Gasteiger partial charge in [-0.3, -0.25) is 14.9 Å². The third-order valence-corrected chi connectivity index (χ3v) is 3.47. The Hall–Kier alpha value is -2.96. The summed E-state index contributed by atoms with van der Waals surface area (Å²) < 4.78 is 0. The van der Waals surface area contributed by atoms with Gasteiger partial charge in [0, 0.05) is 23.2 Å². The minimum Gasteiger partial charge on any atom is -0.357 e. The topological polar surface area (TPSA) is 105 Å². The van der Waals surface area contributed by atoms with Gasteiger partial charge in [0.15, 0.2) is 0 Å². The molecule has 2 N–H and O–H groups in total. The molecule has 0 bridgehead atoms. The second kappa shape index (κ2) is 4.55. The highest BCUT2D eigenvalue weighted by atomic mass is 16.6. The molecule has 0 atom stereocenters. The third-order valence-electron chi connectivity index (χ3n) is 3.47. The highest BCUT2D eigenvalue weighted by molar-refractivity contribution is 5.98. The lowest BCUT2D eigenvalue weighted by Gasteiger charge is -2.00. The van der Waals surface area contributed by atoms with Gasteiger partial charge < -0.3 is 4.98 Å². The number of nitro groups is 1. The normalized spacial score (nSPS) is 11.0. The van der Waals surface area contributed by atoms with Crippen LogP contribution in [0.25, 0.3) is 22.0 Å². The monoisotopic (exact) mass is 284 g/mol. The Kier molecular flexibility index (Phi) is 2.83. The predicted octanol–water partition coefficient (Wildman–Crippen LogP) is 2.44. The molecule has 7 heteroatoms. The molecule has 0 saturated heterocycles. The summed E-state index contributed by atoms with van der Waals surface area (Å²) in [7, 11) is 0. The standard InChI is InChI=1S/C14H12N4O3/c1-7-11-8(2)16-17-14(19)12(11)13(15-7)9-3-5-10(6-4-9)18(20)21/h3-6,15H,1-2H3,(H,17,19). The number of hydrogen-bond donors (Lipinski definition) is 2. The number of H-pyrrole nitrogens is 2. The molecule has 106 valence electrons. The summed E-state index contributed by atoms with van der Waals surface area (Å²) in [6.07, 6.45) is 0. The zero-order valence-corrected chi connectivity index (χ0v) is 11.4. The first-order valence-electron chi connectivity index (χ1n) is 6.31. The van der Waals surface area contributed by atoms with Gasteiger partial charge in [0.2, 0.25) is 0 Å². The van der Waals surface area contributed by atoms with Gasteiger partial charge in [-0.15, -0.1) is 0 Å². The number of aromatic nitrogens is 3. The van der Waals surface area contributed by atoms with Gasteiger partial charge in [0.1, 0.15) is 0 Å². The van der Waals surface area contributed by atoms with Crippen molar-refractivity contribution in [2.45, 2.75) is 13.8 Å². The number of aromatic amines is 2. The van der Waals surface area contributed by atoms with E-state index in [4.69, 9.17) is 0 Å². The number of aryl methyl sites for hydroxylation is 2. The number of rotatable bonds is 2. The minimum atomic E-state index is -0.456. The second-order valence-corrected chi connectivity index (χ2v) is 4.82. The van der Waals surface area contributed by atoms with E-state index in [1.165, 1.54) is 12.1 Å². The Labute approximate surface area is 118 Å². The van der Waals surface area contributed by atoms with Crippen LogP contribution in [0.3, 0.4) is 0 Å². The van der Waals surface area contributed by atoms with Crippen LogP contribution in [0.1, 0.15) is 11.4 Å². The van der Waals surface area contributed by atoms with Crippen LogP contribution in [-0.4, -0.2) is 20.1 Å². The van der Waals surface area contributed by atoms with Crippen LogP contribution in [0.5, 0.6) is 0 Å². The first kappa shape index (κ1) is 13.0. The number of nitrogens with one attached hydrogen (secondary N) is 2. The van der Waals surface area contributed by atoms with Crippen molar-refractivity contribution in [2.75, 3.05) is 0 Å². The first-order chi connectivity index (χ1) is 9.99. The zero-order valence-electron chi connectivity index (χ0n) is 11.4. The summed E-state index contributed by atoms with van der Waals surface area (Å²) in [6.45, 7) is 3.68. The van der Waals surface area contributed by atoms with Gasteiger partial charge in [-0.05, 0) is 31.5 Å². The van der Waals surface area contributed by atoms with Gasteiger partial charge in [-0.25, -0.2) is 5.10 Å². The van der Waals surface area contributed by atoms with Crippen LogP contribution in [0.15, 0.2) is 29.1 Å². The molecule has 0 radical (unpaired) electrons. The number of fused-ring (bicyclic) bond motifs is 1. The molecule has 3 aromatic rings. The molecular formula is C14H12N4O3. The number of hydrogen-bond acceptors (Lipinski definition) is 4. The summed E-state index contributed by atoms with van der Waals surface area (Å²) in [4.78, 5) is 25.5. The predicted molar refractivity (Wildman–Crippen MR) is 78.3 cm³/mol. The van der Waals surface area contributed by atoms with Crippen LogP contribution in [0, 0.1) is 24.0 Å². The van der Waals surface area contributed by atoms with Gasteiger partial charge in [0.05, 0.1) is 21.7 Å². The summed E-state index contributed by atoms with van der Waals surface area (Å²) in [5.74, 6) is 0. The Bertz CT molecular complexity index is 906. The minimum absolute atomic E-state index is 0.0121. The molecule has 0 fully saturated rings. The van der Waals surface area contributed by atoms with E-state index >= 15 is 0 Å². The Morgan fingerprint density at radius 1 is 1.14 bits per heavy atom. The lowest BCUT2D eigenvalue weighted by molar-refractivity contribution is -0.384. The van der Waals surface area contributed by atoms with Crippen LogP contribution in [-0.2, 0) is 0 Å². The van der Waals surface area contributed by atoms with Crippen molar-refractivity contribution in [3.8, 4) is 11.3 Å². The van der Waals surface area contributed by atoms with Crippen molar-refractivity contribution in [1.82, 2.24) is 15.2 Å². The lowest BCUT2D eigenvalue weighted by Crippen LogP contribution is -2.09. The summed E-state index contributed by atoms with van der Waals surface area (Å²) in [6, 6.07) is 6.08. The molecule has 0 spiro atoms. The Morgan fingerprint density at radius 3 is 2.43 bits per heavy atom. The molecule has 21 heavy (non-hydrogen) atoms. The first-order valence-corrected chi connectivity index (χ1v) is 6.31. The van der Waals surface area contributed by atoms with Crippen LogP contribution >= 0.6 is 0 Å². The highest BCUT2D eigenvalue weighted by Gasteiger charge is 2.16. The molecule has 0 aliphatic rings. The fourth-order valence-electron chi connectivity index (χ4n) is 2.52. The summed E-state index contributed by atoms with van der Waals surface area (Å²) in [5, 5.41) is 18.4. The summed E-state index contributed by atoms with van der Waals surface area (Å²) in [5.41, 5.74) is 2.66. The van der Waals surface area contributed by atoms with E-state index in [0.29, 0.717) is 11.1 Å². The fourth-order valence-corrected chi connectivity index (χ4v) is 2.52. The lowest BCUT2D eigenvalue weighted by atomic mass is 10.1. The second-order valence-electron chi connectivity index (χ2n) is 4.82. The molecule has 2 heterocycles. The number of benzene rings is 1. The van der Waals surface area contributed by atoms with E-state index in [9.17, 15) is 14.9 Å². The molecule has 0 amide bonds. The average Bonchev–Trinajstić information content (AvgIpc) is 2.82. The van der Waals surface area contributed by atoms with Crippen molar-refractivity contribution < 1.29 is 4.92 Å². The number of non-ortho nitro benzene ring substituents is 1. The highest BCUT2D eigenvalue weighted by Crippen LogP contribution is 2.30. The molecule has 0 aliphatic carbocycles. The molecule has 0 saturated carbocycles. The smallest absolute Gasteiger partial charge is 0.274 e. The fraction of sp³-hybridized carbons (Fsp3) is 0.143. The van der Waals surface area contributed by atoms with Crippen molar-refractivity contribution >= 4 is 16.5 Å². The number of nitro benzene ring substituents is 1. The largest absolute Gasteiger partial charge is 0.357 e. The van der Waals surface area contributed by atoms with Crippen molar-refractivity contribution in [3.05, 3.63) is 56.1 Å². The summed E-state index contributed by atoms with van der Waals surface area (Å²) >= 11 is 0. The molecule has 0 unspecified atom stereocenters. The maximum Gasteiger partial charge on any atom is 0.274 e. The number of nitrogens with zero attached hydrogens (tertiary/aromatic N) is 2. The zero-order chi connectivity index (χ0) is 15.1. The van der Waals surface area contributed by atoms with E-state index in [0.717, 1.165) is 22.3 Å². The van der Waals surface area contributed by atoms with Crippen LogP contribution in [0.4, 0.5) is 5.69 Å². The van der Waals surface area contributed by atoms with Gasteiger partial charge >= 0.3 is 0 Å². The van der Waals surface area contributed by atoms with E-state index < -0.39 is 4.92 Å².